The molecular weight excluding hydrogens is 297 g/mol. The minimum Gasteiger partial charge on any atom is -0.465 e. The number of benzene rings is 2. The number of amides is 1. The maximum Gasteiger partial charge on any atom is 0.337 e. The van der Waals surface area contributed by atoms with Crippen molar-refractivity contribution in [1.29, 1.82) is 0 Å². The summed E-state index contributed by atoms with van der Waals surface area (Å²) in [6.07, 6.45) is 0. The molecule has 1 amide bonds. The molecule has 0 radical (unpaired) electrons. The topological polar surface area (TPSA) is 55.4 Å². The molecule has 0 spiro atoms. The Bertz CT molecular complexity index is 703. The van der Waals surface area contributed by atoms with Gasteiger partial charge in [0.15, 0.2) is 0 Å². The van der Waals surface area contributed by atoms with Crippen LogP contribution in [0.5, 0.6) is 0 Å². The Morgan fingerprint density at radius 1 is 1.14 bits per heavy atom. The highest BCUT2D eigenvalue weighted by Crippen LogP contribution is 2.17. The molecule has 4 nitrogen and oxygen atoms in total. The van der Waals surface area contributed by atoms with Crippen molar-refractivity contribution >= 4 is 29.2 Å². The fourth-order valence-electron chi connectivity index (χ4n) is 1.68. The van der Waals surface area contributed by atoms with Gasteiger partial charge in [0.25, 0.3) is 5.91 Å². The fourth-order valence-corrected chi connectivity index (χ4v) is 1.80. The number of anilines is 1. The molecule has 21 heavy (non-hydrogen) atoms. The van der Waals surface area contributed by atoms with Crippen molar-refractivity contribution in [2.75, 3.05) is 12.4 Å². The lowest BCUT2D eigenvalue weighted by Crippen LogP contribution is -2.12. The first-order valence-corrected chi connectivity index (χ1v) is 6.34. The highest BCUT2D eigenvalue weighted by molar-refractivity contribution is 6.30. The molecule has 108 valence electrons. The van der Waals surface area contributed by atoms with E-state index in [0.29, 0.717) is 11.3 Å². The minimum absolute atomic E-state index is 0.0563. The van der Waals surface area contributed by atoms with E-state index < -0.39 is 17.7 Å². The van der Waals surface area contributed by atoms with Crippen molar-refractivity contribution in [3.05, 3.63) is 64.4 Å². The van der Waals surface area contributed by atoms with Crippen LogP contribution in [0.15, 0.2) is 42.5 Å². The minimum atomic E-state index is -0.673. The zero-order valence-electron chi connectivity index (χ0n) is 11.0. The number of carbonyl (C=O) groups is 2. The van der Waals surface area contributed by atoms with Crippen LogP contribution >= 0.6 is 11.6 Å². The van der Waals surface area contributed by atoms with E-state index >= 15 is 0 Å². The third kappa shape index (κ3) is 3.58. The second-order valence-corrected chi connectivity index (χ2v) is 4.56. The second-order valence-electron chi connectivity index (χ2n) is 4.16. The number of ether oxygens (including phenoxy) is 1. The fraction of sp³-hybridized carbons (Fsp3) is 0.0667. The molecule has 0 bridgehead atoms. The van der Waals surface area contributed by atoms with E-state index in [-0.39, 0.29) is 10.6 Å². The zero-order valence-corrected chi connectivity index (χ0v) is 11.8. The predicted octanol–water partition coefficient (Wildman–Crippen LogP) is 3.52. The van der Waals surface area contributed by atoms with Crippen LogP contribution in [0.3, 0.4) is 0 Å². The standard InChI is InChI=1S/C15H11ClFNO3/c1-21-15(20)10-3-2-4-11(7-10)18-14(19)9-5-6-12(16)13(17)8-9/h2-8H,1H3,(H,18,19). The Kier molecular flexibility index (Phi) is 4.55. The first-order valence-electron chi connectivity index (χ1n) is 5.96. The van der Waals surface area contributed by atoms with Crippen molar-refractivity contribution in [2.45, 2.75) is 0 Å². The van der Waals surface area contributed by atoms with Crippen LogP contribution in [0.1, 0.15) is 20.7 Å². The SMILES string of the molecule is COC(=O)c1cccc(NC(=O)c2ccc(Cl)c(F)c2)c1. The number of esters is 1. The van der Waals surface area contributed by atoms with Crippen LogP contribution in [-0.2, 0) is 4.74 Å². The van der Waals surface area contributed by atoms with Crippen LogP contribution in [0.4, 0.5) is 10.1 Å². The number of carbonyl (C=O) groups excluding carboxylic acids is 2. The first kappa shape index (κ1) is 15.0. The van der Waals surface area contributed by atoms with Crippen molar-refractivity contribution in [3.8, 4) is 0 Å². The monoisotopic (exact) mass is 307 g/mol. The molecule has 0 aliphatic rings. The summed E-state index contributed by atoms with van der Waals surface area (Å²) in [5.74, 6) is -1.69. The molecule has 2 aromatic carbocycles. The lowest BCUT2D eigenvalue weighted by Gasteiger charge is -2.07. The van der Waals surface area contributed by atoms with Gasteiger partial charge in [-0.3, -0.25) is 4.79 Å². The molecule has 0 aromatic heterocycles. The van der Waals surface area contributed by atoms with Crippen molar-refractivity contribution in [1.82, 2.24) is 0 Å². The molecule has 0 saturated carbocycles. The van der Waals surface area contributed by atoms with Gasteiger partial charge in [0, 0.05) is 11.3 Å². The zero-order chi connectivity index (χ0) is 15.4. The smallest absolute Gasteiger partial charge is 0.337 e. The Balaban J connectivity index is 2.19. The molecule has 0 fully saturated rings. The highest BCUT2D eigenvalue weighted by atomic mass is 35.5. The Hall–Kier alpha value is -2.40. The largest absolute Gasteiger partial charge is 0.465 e. The number of rotatable bonds is 3. The number of hydrogen-bond acceptors (Lipinski definition) is 3. The molecule has 0 aliphatic carbocycles. The summed E-state index contributed by atoms with van der Waals surface area (Å²) in [7, 11) is 1.27. The molecule has 0 heterocycles. The van der Waals surface area contributed by atoms with E-state index in [2.05, 4.69) is 10.1 Å². The third-order valence-corrected chi connectivity index (χ3v) is 3.03. The normalized spacial score (nSPS) is 10.0. The third-order valence-electron chi connectivity index (χ3n) is 2.72. The molecule has 6 heteroatoms. The molecule has 0 unspecified atom stereocenters. The van der Waals surface area contributed by atoms with E-state index in [0.717, 1.165) is 6.07 Å². The van der Waals surface area contributed by atoms with E-state index in [4.69, 9.17) is 11.6 Å². The van der Waals surface area contributed by atoms with Gasteiger partial charge in [-0.15, -0.1) is 0 Å². The van der Waals surface area contributed by atoms with Crippen molar-refractivity contribution in [2.24, 2.45) is 0 Å². The molecule has 2 aromatic rings. The molecule has 1 N–H and O–H groups in total. The van der Waals surface area contributed by atoms with Gasteiger partial charge in [0.05, 0.1) is 17.7 Å². The Morgan fingerprint density at radius 2 is 1.90 bits per heavy atom. The number of methoxy groups -OCH3 is 1. The summed E-state index contributed by atoms with van der Waals surface area (Å²) in [6, 6.07) is 9.99. The summed E-state index contributed by atoms with van der Waals surface area (Å²) in [5, 5.41) is 2.51. The van der Waals surface area contributed by atoms with Gasteiger partial charge in [-0.05, 0) is 36.4 Å². The van der Waals surface area contributed by atoms with Crippen LogP contribution in [0.2, 0.25) is 5.02 Å². The van der Waals surface area contributed by atoms with E-state index in [1.54, 1.807) is 18.2 Å². The average molecular weight is 308 g/mol. The van der Waals surface area contributed by atoms with Crippen molar-refractivity contribution < 1.29 is 18.7 Å². The summed E-state index contributed by atoms with van der Waals surface area (Å²) in [6.45, 7) is 0. The van der Waals surface area contributed by atoms with Crippen LogP contribution in [0, 0.1) is 5.82 Å². The Labute approximate surface area is 125 Å². The van der Waals surface area contributed by atoms with Gasteiger partial charge in [-0.25, -0.2) is 9.18 Å². The van der Waals surface area contributed by atoms with E-state index in [1.807, 2.05) is 0 Å². The first-order chi connectivity index (χ1) is 10.0. The highest BCUT2D eigenvalue weighted by Gasteiger charge is 2.11. The molecule has 2 rings (SSSR count). The van der Waals surface area contributed by atoms with Crippen LogP contribution < -0.4 is 5.32 Å². The number of hydrogen-bond donors (Lipinski definition) is 1. The summed E-state index contributed by atoms with van der Waals surface area (Å²) >= 11 is 5.56. The quantitative estimate of drug-likeness (QED) is 0.883. The van der Waals surface area contributed by atoms with Gasteiger partial charge in [0.1, 0.15) is 5.82 Å². The lowest BCUT2D eigenvalue weighted by molar-refractivity contribution is 0.0600. The lowest BCUT2D eigenvalue weighted by atomic mass is 10.1. The van der Waals surface area contributed by atoms with Gasteiger partial charge in [-0.2, -0.15) is 0 Å². The summed E-state index contributed by atoms with van der Waals surface area (Å²) in [5.41, 5.74) is 0.830. The number of halogens is 2. The average Bonchev–Trinajstić information content (AvgIpc) is 2.49. The van der Waals surface area contributed by atoms with Gasteiger partial charge < -0.3 is 10.1 Å². The maximum absolute atomic E-state index is 13.3. The predicted molar refractivity (Wildman–Crippen MR) is 77.1 cm³/mol. The van der Waals surface area contributed by atoms with Crippen molar-refractivity contribution in [3.63, 3.8) is 0 Å². The van der Waals surface area contributed by atoms with Gasteiger partial charge in [0.2, 0.25) is 0 Å². The Morgan fingerprint density at radius 3 is 2.57 bits per heavy atom. The summed E-state index contributed by atoms with van der Waals surface area (Å²) < 4.78 is 17.9. The molecule has 0 saturated heterocycles. The van der Waals surface area contributed by atoms with Gasteiger partial charge in [-0.1, -0.05) is 17.7 Å². The van der Waals surface area contributed by atoms with Crippen LogP contribution in [-0.4, -0.2) is 19.0 Å². The van der Waals surface area contributed by atoms with Crippen LogP contribution in [0.25, 0.3) is 0 Å². The summed E-state index contributed by atoms with van der Waals surface area (Å²) in [4.78, 5) is 23.4. The maximum atomic E-state index is 13.3. The molecular formula is C15H11ClFNO3. The molecule has 0 atom stereocenters. The number of nitrogens with one attached hydrogen (secondary N) is 1. The second kappa shape index (κ2) is 6.37. The van der Waals surface area contributed by atoms with E-state index in [9.17, 15) is 14.0 Å². The van der Waals surface area contributed by atoms with Gasteiger partial charge >= 0.3 is 5.97 Å². The molecule has 0 aliphatic heterocycles. The van der Waals surface area contributed by atoms with E-state index in [1.165, 1.54) is 25.3 Å².